The van der Waals surface area contributed by atoms with Gasteiger partial charge in [-0.1, -0.05) is 23.7 Å². The minimum atomic E-state index is -0.647. The van der Waals surface area contributed by atoms with Gasteiger partial charge in [-0.2, -0.15) is 0 Å². The summed E-state index contributed by atoms with van der Waals surface area (Å²) >= 11 is 6.00. The number of benzene rings is 2. The van der Waals surface area contributed by atoms with Crippen LogP contribution >= 0.6 is 11.6 Å². The van der Waals surface area contributed by atoms with E-state index < -0.39 is 6.10 Å². The van der Waals surface area contributed by atoms with Gasteiger partial charge in [0, 0.05) is 24.2 Å². The highest BCUT2D eigenvalue weighted by atomic mass is 35.5. The predicted octanol–water partition coefficient (Wildman–Crippen LogP) is 4.33. The van der Waals surface area contributed by atoms with Gasteiger partial charge >= 0.3 is 0 Å². The summed E-state index contributed by atoms with van der Waals surface area (Å²) < 4.78 is 13.5. The molecule has 0 amide bonds. The molecule has 148 valence electrons. The first-order chi connectivity index (χ1) is 13.6. The van der Waals surface area contributed by atoms with E-state index in [1.54, 1.807) is 6.07 Å². The highest BCUT2D eigenvalue weighted by Gasteiger charge is 2.24. The Morgan fingerprint density at radius 2 is 2.04 bits per heavy atom. The Bertz CT molecular complexity index is 950. The zero-order chi connectivity index (χ0) is 19.5. The quantitative estimate of drug-likeness (QED) is 0.669. The molecule has 28 heavy (non-hydrogen) atoms. The Morgan fingerprint density at radius 1 is 1.25 bits per heavy atom. The molecule has 1 aliphatic heterocycles. The van der Waals surface area contributed by atoms with E-state index in [0.29, 0.717) is 17.5 Å². The second-order valence-corrected chi connectivity index (χ2v) is 7.77. The van der Waals surface area contributed by atoms with Gasteiger partial charge in [-0.25, -0.2) is 4.98 Å². The molecule has 0 aliphatic carbocycles. The van der Waals surface area contributed by atoms with Crippen LogP contribution in [0.1, 0.15) is 30.1 Å². The Balaban J connectivity index is 1.52. The van der Waals surface area contributed by atoms with Crippen LogP contribution in [0.5, 0.6) is 5.75 Å². The number of halogens is 1. The van der Waals surface area contributed by atoms with E-state index in [9.17, 15) is 5.11 Å². The lowest BCUT2D eigenvalue weighted by Gasteiger charge is -2.24. The Labute approximate surface area is 169 Å². The molecule has 1 unspecified atom stereocenters. The SMILES string of the molecule is Cc1cc(Cl)ccc1OCC(O)Cn1c(C2CCOCC2)nc2ccccc21. The van der Waals surface area contributed by atoms with E-state index in [4.69, 9.17) is 26.1 Å². The number of hydrogen-bond acceptors (Lipinski definition) is 4. The van der Waals surface area contributed by atoms with Crippen LogP contribution in [-0.4, -0.2) is 40.6 Å². The Kier molecular flexibility index (Phi) is 5.85. The number of aromatic nitrogens is 2. The summed E-state index contributed by atoms with van der Waals surface area (Å²) in [6.45, 7) is 4.12. The predicted molar refractivity (Wildman–Crippen MR) is 110 cm³/mol. The number of imidazole rings is 1. The number of fused-ring (bicyclic) bond motifs is 1. The third-order valence-corrected chi connectivity index (χ3v) is 5.47. The molecule has 1 saturated heterocycles. The molecule has 0 spiro atoms. The topological polar surface area (TPSA) is 56.5 Å². The van der Waals surface area contributed by atoms with Crippen molar-refractivity contribution in [1.82, 2.24) is 9.55 Å². The van der Waals surface area contributed by atoms with Gasteiger partial charge in [-0.3, -0.25) is 0 Å². The maximum absolute atomic E-state index is 10.7. The third-order valence-electron chi connectivity index (χ3n) is 5.23. The fourth-order valence-electron chi connectivity index (χ4n) is 3.78. The van der Waals surface area contributed by atoms with E-state index in [1.165, 1.54) is 0 Å². The molecular formula is C22H25ClN2O3. The average Bonchev–Trinajstić information content (AvgIpc) is 3.06. The van der Waals surface area contributed by atoms with Crippen molar-refractivity contribution in [2.75, 3.05) is 19.8 Å². The zero-order valence-electron chi connectivity index (χ0n) is 16.0. The normalized spacial score (nSPS) is 16.4. The smallest absolute Gasteiger partial charge is 0.122 e. The number of aryl methyl sites for hydroxylation is 1. The van der Waals surface area contributed by atoms with Gasteiger partial charge in [0.25, 0.3) is 0 Å². The van der Waals surface area contributed by atoms with Crippen molar-refractivity contribution in [3.63, 3.8) is 0 Å². The van der Waals surface area contributed by atoms with Gasteiger partial charge in [0.2, 0.25) is 0 Å². The van der Waals surface area contributed by atoms with Crippen molar-refractivity contribution < 1.29 is 14.6 Å². The minimum Gasteiger partial charge on any atom is -0.491 e. The molecule has 2 aromatic carbocycles. The van der Waals surface area contributed by atoms with Crippen LogP contribution in [0.3, 0.4) is 0 Å². The lowest BCUT2D eigenvalue weighted by atomic mass is 9.99. The molecule has 1 aromatic heterocycles. The van der Waals surface area contributed by atoms with Crippen LogP contribution in [0, 0.1) is 6.92 Å². The number of para-hydroxylation sites is 2. The largest absolute Gasteiger partial charge is 0.491 e. The van der Waals surface area contributed by atoms with Crippen LogP contribution in [0.25, 0.3) is 11.0 Å². The van der Waals surface area contributed by atoms with Gasteiger partial charge in [0.1, 0.15) is 24.3 Å². The number of rotatable bonds is 6. The summed E-state index contributed by atoms with van der Waals surface area (Å²) in [6.07, 6.45) is 1.27. The molecular weight excluding hydrogens is 376 g/mol. The van der Waals surface area contributed by atoms with E-state index in [0.717, 1.165) is 54.2 Å². The van der Waals surface area contributed by atoms with Crippen LogP contribution in [0.15, 0.2) is 42.5 Å². The lowest BCUT2D eigenvalue weighted by Crippen LogP contribution is -2.26. The monoisotopic (exact) mass is 400 g/mol. The molecule has 1 fully saturated rings. The first-order valence-electron chi connectivity index (χ1n) is 9.72. The Hall–Kier alpha value is -2.08. The molecule has 5 nitrogen and oxygen atoms in total. The zero-order valence-corrected chi connectivity index (χ0v) is 16.7. The van der Waals surface area contributed by atoms with Crippen molar-refractivity contribution >= 4 is 22.6 Å². The van der Waals surface area contributed by atoms with E-state index in [-0.39, 0.29) is 6.61 Å². The first kappa shape index (κ1) is 19.2. The molecule has 2 heterocycles. The number of aliphatic hydroxyl groups excluding tert-OH is 1. The second-order valence-electron chi connectivity index (χ2n) is 7.33. The summed E-state index contributed by atoms with van der Waals surface area (Å²) in [6, 6.07) is 13.6. The van der Waals surface area contributed by atoms with Crippen molar-refractivity contribution in [2.24, 2.45) is 0 Å². The molecule has 6 heteroatoms. The molecule has 0 saturated carbocycles. The summed E-state index contributed by atoms with van der Waals surface area (Å²) in [5.74, 6) is 2.13. The van der Waals surface area contributed by atoms with E-state index in [1.807, 2.05) is 37.3 Å². The Morgan fingerprint density at radius 3 is 2.82 bits per heavy atom. The molecule has 0 bridgehead atoms. The van der Waals surface area contributed by atoms with Crippen LogP contribution in [-0.2, 0) is 11.3 Å². The second kappa shape index (κ2) is 8.52. The lowest BCUT2D eigenvalue weighted by molar-refractivity contribution is 0.0779. The number of ether oxygens (including phenoxy) is 2. The highest BCUT2D eigenvalue weighted by Crippen LogP contribution is 2.30. The van der Waals surface area contributed by atoms with Crippen molar-refractivity contribution in [1.29, 1.82) is 0 Å². The highest BCUT2D eigenvalue weighted by molar-refractivity contribution is 6.30. The van der Waals surface area contributed by atoms with Gasteiger partial charge in [-0.05, 0) is 55.7 Å². The number of nitrogens with zero attached hydrogens (tertiary/aromatic N) is 2. The fraction of sp³-hybridized carbons (Fsp3) is 0.409. The maximum atomic E-state index is 10.7. The summed E-state index contributed by atoms with van der Waals surface area (Å²) in [7, 11) is 0. The molecule has 1 aliphatic rings. The molecule has 4 rings (SSSR count). The van der Waals surface area contributed by atoms with Crippen molar-refractivity contribution in [2.45, 2.75) is 38.3 Å². The van der Waals surface area contributed by atoms with Crippen LogP contribution in [0.2, 0.25) is 5.02 Å². The fourth-order valence-corrected chi connectivity index (χ4v) is 4.00. The molecule has 3 aromatic rings. The summed E-state index contributed by atoms with van der Waals surface area (Å²) in [5, 5.41) is 11.4. The molecule has 1 atom stereocenters. The van der Waals surface area contributed by atoms with Gasteiger partial charge in [-0.15, -0.1) is 0 Å². The van der Waals surface area contributed by atoms with Gasteiger partial charge in [0.05, 0.1) is 17.6 Å². The van der Waals surface area contributed by atoms with Crippen LogP contribution in [0.4, 0.5) is 0 Å². The van der Waals surface area contributed by atoms with E-state index >= 15 is 0 Å². The maximum Gasteiger partial charge on any atom is 0.122 e. The van der Waals surface area contributed by atoms with E-state index in [2.05, 4.69) is 10.6 Å². The van der Waals surface area contributed by atoms with Gasteiger partial charge in [0.15, 0.2) is 0 Å². The van der Waals surface area contributed by atoms with Crippen LogP contribution < -0.4 is 4.74 Å². The third kappa shape index (κ3) is 4.17. The number of hydrogen-bond donors (Lipinski definition) is 1. The minimum absolute atomic E-state index is 0.211. The van der Waals surface area contributed by atoms with Crippen molar-refractivity contribution in [3.05, 3.63) is 58.9 Å². The van der Waals surface area contributed by atoms with Gasteiger partial charge < -0.3 is 19.1 Å². The summed E-state index contributed by atoms with van der Waals surface area (Å²) in [4.78, 5) is 4.87. The number of aliphatic hydroxyl groups is 1. The standard InChI is InChI=1S/C22H25ClN2O3/c1-15-12-17(23)6-7-21(15)28-14-18(26)13-25-20-5-3-2-4-19(20)24-22(25)16-8-10-27-11-9-16/h2-7,12,16,18,26H,8-11,13-14H2,1H3. The molecule has 1 N–H and O–H groups in total. The van der Waals surface area contributed by atoms with Crippen molar-refractivity contribution in [3.8, 4) is 5.75 Å². The first-order valence-corrected chi connectivity index (χ1v) is 10.1. The summed E-state index contributed by atoms with van der Waals surface area (Å²) in [5.41, 5.74) is 2.96. The molecule has 0 radical (unpaired) electrons. The average molecular weight is 401 g/mol.